The van der Waals surface area contributed by atoms with E-state index in [1.165, 1.54) is 16.8 Å². The molecule has 0 aliphatic heterocycles. The molecular formula is C11H12N6O3. The second-order valence-electron chi connectivity index (χ2n) is 4.20. The van der Waals surface area contributed by atoms with Gasteiger partial charge in [0.15, 0.2) is 5.82 Å². The van der Waals surface area contributed by atoms with Gasteiger partial charge < -0.3 is 5.32 Å². The van der Waals surface area contributed by atoms with Crippen LogP contribution in [0.25, 0.3) is 0 Å². The fourth-order valence-corrected chi connectivity index (χ4v) is 1.59. The van der Waals surface area contributed by atoms with Gasteiger partial charge in [0.2, 0.25) is 5.91 Å². The molecule has 20 heavy (non-hydrogen) atoms. The average molecular weight is 276 g/mol. The van der Waals surface area contributed by atoms with E-state index in [9.17, 15) is 14.9 Å². The number of nitro benzene ring substituents is 1. The van der Waals surface area contributed by atoms with Crippen molar-refractivity contribution >= 4 is 17.3 Å². The molecule has 1 aromatic carbocycles. The predicted octanol–water partition coefficient (Wildman–Crippen LogP) is 0.608. The van der Waals surface area contributed by atoms with Crippen LogP contribution in [0, 0.1) is 17.0 Å². The number of benzene rings is 1. The topological polar surface area (TPSA) is 116 Å². The molecule has 1 heterocycles. The number of carbonyl (C=O) groups is 1. The van der Waals surface area contributed by atoms with Crippen molar-refractivity contribution in [3.63, 3.8) is 0 Å². The fourth-order valence-electron chi connectivity index (χ4n) is 1.59. The molecule has 0 aliphatic rings. The van der Waals surface area contributed by atoms with Crippen LogP contribution in [0.2, 0.25) is 0 Å². The summed E-state index contributed by atoms with van der Waals surface area (Å²) in [5.41, 5.74) is 1.06. The number of carbonyl (C=O) groups excluding carboxylic acids is 1. The van der Waals surface area contributed by atoms with Crippen molar-refractivity contribution in [3.05, 3.63) is 39.7 Å². The van der Waals surface area contributed by atoms with Crippen molar-refractivity contribution in [1.29, 1.82) is 0 Å². The summed E-state index contributed by atoms with van der Waals surface area (Å²) in [4.78, 5) is 22.1. The maximum absolute atomic E-state index is 11.9. The molecule has 1 amide bonds. The van der Waals surface area contributed by atoms with Crippen LogP contribution in [-0.4, -0.2) is 31.0 Å². The van der Waals surface area contributed by atoms with Crippen LogP contribution >= 0.6 is 0 Å². The zero-order chi connectivity index (χ0) is 14.7. The summed E-state index contributed by atoms with van der Waals surface area (Å²) in [6, 6.07) is 4.29. The molecule has 9 nitrogen and oxygen atoms in total. The highest BCUT2D eigenvalue weighted by molar-refractivity contribution is 5.92. The zero-order valence-corrected chi connectivity index (χ0v) is 10.9. The molecule has 0 unspecified atom stereocenters. The molecule has 0 aliphatic carbocycles. The molecule has 2 rings (SSSR count). The van der Waals surface area contributed by atoms with Crippen molar-refractivity contribution in [2.75, 3.05) is 5.32 Å². The minimum atomic E-state index is -0.512. The molecule has 0 saturated carbocycles. The van der Waals surface area contributed by atoms with Crippen LogP contribution in [0.3, 0.4) is 0 Å². The Bertz CT molecular complexity index is 666. The summed E-state index contributed by atoms with van der Waals surface area (Å²) < 4.78 is 1.39. The van der Waals surface area contributed by atoms with E-state index in [0.717, 1.165) is 5.56 Å². The molecule has 0 atom stereocenters. The Labute approximate surface area is 113 Å². The molecule has 1 N–H and O–H groups in total. The van der Waals surface area contributed by atoms with Gasteiger partial charge in [0.05, 0.1) is 17.0 Å². The van der Waals surface area contributed by atoms with E-state index in [-0.39, 0.29) is 18.0 Å². The minimum absolute atomic E-state index is 0.00830. The van der Waals surface area contributed by atoms with E-state index < -0.39 is 4.92 Å². The van der Waals surface area contributed by atoms with Crippen LogP contribution in [0.4, 0.5) is 11.4 Å². The molecule has 0 saturated heterocycles. The summed E-state index contributed by atoms with van der Waals surface area (Å²) in [7, 11) is 1.63. The summed E-state index contributed by atoms with van der Waals surface area (Å²) in [5, 5.41) is 24.1. The Hall–Kier alpha value is -2.84. The monoisotopic (exact) mass is 276 g/mol. The molecular weight excluding hydrogens is 264 g/mol. The standard InChI is InChI=1S/C11H12N6O3/c1-7-3-4-8(17(19)20)5-9(7)12-11(18)6-10-13-14-15-16(10)2/h3-5H,6H2,1-2H3,(H,12,18). The number of aromatic nitrogens is 4. The first-order valence-corrected chi connectivity index (χ1v) is 5.73. The minimum Gasteiger partial charge on any atom is -0.325 e. The van der Waals surface area contributed by atoms with Gasteiger partial charge in [-0.3, -0.25) is 14.9 Å². The summed E-state index contributed by atoms with van der Waals surface area (Å²) in [6.07, 6.45) is -0.00830. The van der Waals surface area contributed by atoms with Gasteiger partial charge >= 0.3 is 0 Å². The number of rotatable bonds is 4. The van der Waals surface area contributed by atoms with Gasteiger partial charge in [-0.25, -0.2) is 4.68 Å². The second kappa shape index (κ2) is 5.43. The lowest BCUT2D eigenvalue weighted by Gasteiger charge is -2.07. The Balaban J connectivity index is 2.13. The Morgan fingerprint density at radius 1 is 1.50 bits per heavy atom. The third-order valence-electron chi connectivity index (χ3n) is 2.73. The van der Waals surface area contributed by atoms with Crippen LogP contribution in [-0.2, 0) is 18.3 Å². The van der Waals surface area contributed by atoms with Gasteiger partial charge in [0, 0.05) is 19.2 Å². The van der Waals surface area contributed by atoms with Crippen LogP contribution in [0.5, 0.6) is 0 Å². The molecule has 1 aromatic heterocycles. The molecule has 2 aromatic rings. The third kappa shape index (κ3) is 2.94. The van der Waals surface area contributed by atoms with Crippen molar-refractivity contribution < 1.29 is 9.72 Å². The van der Waals surface area contributed by atoms with Crippen LogP contribution in [0.1, 0.15) is 11.4 Å². The Morgan fingerprint density at radius 2 is 2.25 bits per heavy atom. The zero-order valence-electron chi connectivity index (χ0n) is 10.9. The van der Waals surface area contributed by atoms with E-state index in [1.807, 2.05) is 0 Å². The maximum atomic E-state index is 11.9. The van der Waals surface area contributed by atoms with Gasteiger partial charge in [-0.15, -0.1) is 5.10 Å². The van der Waals surface area contributed by atoms with Gasteiger partial charge in [-0.05, 0) is 22.9 Å². The number of aryl methyl sites for hydroxylation is 2. The molecule has 9 heteroatoms. The van der Waals surface area contributed by atoms with Gasteiger partial charge in [0.1, 0.15) is 0 Å². The lowest BCUT2D eigenvalue weighted by molar-refractivity contribution is -0.384. The van der Waals surface area contributed by atoms with E-state index in [1.54, 1.807) is 20.0 Å². The molecule has 0 fully saturated rings. The van der Waals surface area contributed by atoms with E-state index in [2.05, 4.69) is 20.8 Å². The first kappa shape index (κ1) is 13.6. The van der Waals surface area contributed by atoms with Gasteiger partial charge in [0.25, 0.3) is 5.69 Å². The largest absolute Gasteiger partial charge is 0.325 e. The lowest BCUT2D eigenvalue weighted by atomic mass is 10.1. The number of hydrogen-bond donors (Lipinski definition) is 1. The maximum Gasteiger partial charge on any atom is 0.271 e. The van der Waals surface area contributed by atoms with Crippen molar-refractivity contribution in [1.82, 2.24) is 20.2 Å². The normalized spacial score (nSPS) is 10.3. The van der Waals surface area contributed by atoms with Crippen LogP contribution in [0.15, 0.2) is 18.2 Å². The number of non-ortho nitro benzene ring substituents is 1. The lowest BCUT2D eigenvalue weighted by Crippen LogP contribution is -2.17. The number of nitrogens with one attached hydrogen (secondary N) is 1. The molecule has 104 valence electrons. The first-order chi connectivity index (χ1) is 9.47. The van der Waals surface area contributed by atoms with E-state index in [4.69, 9.17) is 0 Å². The number of anilines is 1. The summed E-state index contributed by atoms with van der Waals surface area (Å²) >= 11 is 0. The highest BCUT2D eigenvalue weighted by Crippen LogP contribution is 2.21. The third-order valence-corrected chi connectivity index (χ3v) is 2.73. The quantitative estimate of drug-likeness (QED) is 0.646. The fraction of sp³-hybridized carbons (Fsp3) is 0.273. The van der Waals surface area contributed by atoms with Gasteiger partial charge in [-0.2, -0.15) is 0 Å². The highest BCUT2D eigenvalue weighted by Gasteiger charge is 2.13. The number of hydrogen-bond acceptors (Lipinski definition) is 6. The van der Waals surface area contributed by atoms with Crippen molar-refractivity contribution in [3.8, 4) is 0 Å². The number of nitro groups is 1. The predicted molar refractivity (Wildman–Crippen MR) is 69.0 cm³/mol. The van der Waals surface area contributed by atoms with Crippen LogP contribution < -0.4 is 5.32 Å². The van der Waals surface area contributed by atoms with Crippen molar-refractivity contribution in [2.24, 2.45) is 7.05 Å². The van der Waals surface area contributed by atoms with Gasteiger partial charge in [-0.1, -0.05) is 6.07 Å². The number of nitrogens with zero attached hydrogens (tertiary/aromatic N) is 5. The smallest absolute Gasteiger partial charge is 0.271 e. The Kier molecular flexibility index (Phi) is 3.69. The van der Waals surface area contributed by atoms with E-state index >= 15 is 0 Å². The summed E-state index contributed by atoms with van der Waals surface area (Å²) in [5.74, 6) is 0.0667. The van der Waals surface area contributed by atoms with Crippen molar-refractivity contribution in [2.45, 2.75) is 13.3 Å². The number of amides is 1. The molecule has 0 radical (unpaired) electrons. The molecule has 0 spiro atoms. The summed E-state index contributed by atoms with van der Waals surface area (Å²) in [6.45, 7) is 1.75. The Morgan fingerprint density at radius 3 is 2.85 bits per heavy atom. The first-order valence-electron chi connectivity index (χ1n) is 5.73. The second-order valence-corrected chi connectivity index (χ2v) is 4.20. The average Bonchev–Trinajstić information content (AvgIpc) is 2.77. The highest BCUT2D eigenvalue weighted by atomic mass is 16.6. The SMILES string of the molecule is Cc1ccc([N+](=O)[O-])cc1NC(=O)Cc1nnnn1C. The molecule has 0 bridgehead atoms. The van der Waals surface area contributed by atoms with E-state index in [0.29, 0.717) is 11.5 Å². The number of tetrazole rings is 1.